The second kappa shape index (κ2) is 11.6. The van der Waals surface area contributed by atoms with Gasteiger partial charge in [0.05, 0.1) is 40.6 Å². The molecule has 1 N–H and O–H groups in total. The standard InChI is InChI=1S/C28H32N2O5/c1-32-23-11-9-20(10-12-23)18-35-19-21-6-4-7-22(16-21)29-28(31)30-15-5-8-26(30)25-17-24(33-2)13-14-27(25)34-3/h4,6-7,9-14,16-17,26H,5,8,15,18-19H2,1-3H3,(H,29,31). The van der Waals surface area contributed by atoms with Gasteiger partial charge >= 0.3 is 6.03 Å². The third-order valence-electron chi connectivity index (χ3n) is 6.18. The number of methoxy groups -OCH3 is 3. The van der Waals surface area contributed by atoms with Crippen molar-refractivity contribution in [2.75, 3.05) is 33.2 Å². The number of benzene rings is 3. The summed E-state index contributed by atoms with van der Waals surface area (Å²) in [6, 6.07) is 21.1. The maximum Gasteiger partial charge on any atom is 0.322 e. The number of rotatable bonds is 9. The van der Waals surface area contributed by atoms with E-state index in [0.717, 1.165) is 52.5 Å². The number of urea groups is 1. The van der Waals surface area contributed by atoms with Crippen LogP contribution in [0.4, 0.5) is 10.5 Å². The molecule has 0 saturated carbocycles. The third kappa shape index (κ3) is 6.05. The van der Waals surface area contributed by atoms with Gasteiger partial charge in [0, 0.05) is 17.8 Å². The molecular weight excluding hydrogens is 444 g/mol. The van der Waals surface area contributed by atoms with Crippen LogP contribution in [-0.2, 0) is 18.0 Å². The van der Waals surface area contributed by atoms with Gasteiger partial charge in [0.25, 0.3) is 0 Å². The molecule has 3 aromatic rings. The number of carbonyl (C=O) groups is 1. The minimum atomic E-state index is -0.131. The van der Waals surface area contributed by atoms with Crippen LogP contribution < -0.4 is 19.5 Å². The second-order valence-corrected chi connectivity index (χ2v) is 8.43. The van der Waals surface area contributed by atoms with Gasteiger partial charge in [-0.15, -0.1) is 0 Å². The van der Waals surface area contributed by atoms with Crippen molar-refractivity contribution in [1.29, 1.82) is 0 Å². The van der Waals surface area contributed by atoms with Crippen molar-refractivity contribution < 1.29 is 23.7 Å². The van der Waals surface area contributed by atoms with E-state index in [1.807, 2.05) is 71.6 Å². The lowest BCUT2D eigenvalue weighted by molar-refractivity contribution is 0.107. The Morgan fingerprint density at radius 1 is 0.886 bits per heavy atom. The summed E-state index contributed by atoms with van der Waals surface area (Å²) in [6.07, 6.45) is 1.80. The molecule has 7 nitrogen and oxygen atoms in total. The molecule has 1 aliphatic heterocycles. The van der Waals surface area contributed by atoms with E-state index < -0.39 is 0 Å². The van der Waals surface area contributed by atoms with Crippen molar-refractivity contribution in [1.82, 2.24) is 4.90 Å². The molecule has 0 aliphatic carbocycles. The first-order valence-electron chi connectivity index (χ1n) is 11.7. The van der Waals surface area contributed by atoms with Crippen LogP contribution in [0.1, 0.15) is 35.6 Å². The summed E-state index contributed by atoms with van der Waals surface area (Å²) in [4.78, 5) is 15.1. The summed E-state index contributed by atoms with van der Waals surface area (Å²) < 4.78 is 22.0. The van der Waals surface area contributed by atoms with Crippen LogP contribution in [0, 0.1) is 0 Å². The zero-order valence-electron chi connectivity index (χ0n) is 20.5. The highest BCUT2D eigenvalue weighted by molar-refractivity contribution is 5.90. The summed E-state index contributed by atoms with van der Waals surface area (Å²) in [5.41, 5.74) is 3.76. The topological polar surface area (TPSA) is 69.3 Å². The molecule has 3 aromatic carbocycles. The Bertz CT molecular complexity index is 1130. The van der Waals surface area contributed by atoms with Crippen molar-refractivity contribution in [3.8, 4) is 17.2 Å². The maximum atomic E-state index is 13.2. The van der Waals surface area contributed by atoms with E-state index in [9.17, 15) is 4.79 Å². The first-order valence-corrected chi connectivity index (χ1v) is 11.7. The molecule has 1 saturated heterocycles. The highest BCUT2D eigenvalue weighted by atomic mass is 16.5. The molecule has 1 aliphatic rings. The average molecular weight is 477 g/mol. The summed E-state index contributed by atoms with van der Waals surface area (Å²) >= 11 is 0. The SMILES string of the molecule is COc1ccc(COCc2cccc(NC(=O)N3CCCC3c3cc(OC)ccc3OC)c2)cc1. The molecule has 0 aromatic heterocycles. The van der Waals surface area contributed by atoms with Crippen molar-refractivity contribution in [2.24, 2.45) is 0 Å². The maximum absolute atomic E-state index is 13.2. The minimum Gasteiger partial charge on any atom is -0.497 e. The van der Waals surface area contributed by atoms with Crippen molar-refractivity contribution in [3.63, 3.8) is 0 Å². The summed E-state index contributed by atoms with van der Waals surface area (Å²) in [7, 11) is 4.93. The van der Waals surface area contributed by atoms with Gasteiger partial charge in [-0.3, -0.25) is 0 Å². The molecule has 1 heterocycles. The van der Waals surface area contributed by atoms with Gasteiger partial charge in [0.15, 0.2) is 0 Å². The number of carbonyl (C=O) groups excluding carboxylic acids is 1. The molecular formula is C28H32N2O5. The van der Waals surface area contributed by atoms with E-state index in [-0.39, 0.29) is 12.1 Å². The Morgan fingerprint density at radius 2 is 1.63 bits per heavy atom. The van der Waals surface area contributed by atoms with Crippen molar-refractivity contribution in [2.45, 2.75) is 32.1 Å². The van der Waals surface area contributed by atoms with Crippen LogP contribution >= 0.6 is 0 Å². The fraction of sp³-hybridized carbons (Fsp3) is 0.321. The first kappa shape index (κ1) is 24.4. The molecule has 35 heavy (non-hydrogen) atoms. The van der Waals surface area contributed by atoms with E-state index in [2.05, 4.69) is 5.32 Å². The number of likely N-dealkylation sites (tertiary alicyclic amines) is 1. The highest BCUT2D eigenvalue weighted by Crippen LogP contribution is 2.39. The molecule has 0 bridgehead atoms. The lowest BCUT2D eigenvalue weighted by Gasteiger charge is -2.27. The lowest BCUT2D eigenvalue weighted by Crippen LogP contribution is -2.34. The molecule has 0 spiro atoms. The smallest absolute Gasteiger partial charge is 0.322 e. The quantitative estimate of drug-likeness (QED) is 0.423. The van der Waals surface area contributed by atoms with E-state index in [1.54, 1.807) is 21.3 Å². The van der Waals surface area contributed by atoms with E-state index in [4.69, 9.17) is 18.9 Å². The normalized spacial score (nSPS) is 15.1. The lowest BCUT2D eigenvalue weighted by atomic mass is 10.0. The van der Waals surface area contributed by atoms with Gasteiger partial charge < -0.3 is 29.2 Å². The van der Waals surface area contributed by atoms with Gasteiger partial charge in [0.2, 0.25) is 0 Å². The van der Waals surface area contributed by atoms with Crippen LogP contribution in [0.5, 0.6) is 17.2 Å². The number of amides is 2. The molecule has 1 atom stereocenters. The third-order valence-corrected chi connectivity index (χ3v) is 6.18. The summed E-state index contributed by atoms with van der Waals surface area (Å²) in [5, 5.41) is 3.06. The van der Waals surface area contributed by atoms with Gasteiger partial charge in [0.1, 0.15) is 17.2 Å². The zero-order valence-corrected chi connectivity index (χ0v) is 20.5. The van der Waals surface area contributed by atoms with Gasteiger partial charge in [-0.2, -0.15) is 0 Å². The minimum absolute atomic E-state index is 0.0731. The predicted octanol–water partition coefficient (Wildman–Crippen LogP) is 5.80. The Morgan fingerprint density at radius 3 is 2.37 bits per heavy atom. The largest absolute Gasteiger partial charge is 0.497 e. The number of nitrogens with one attached hydrogen (secondary N) is 1. The Labute approximate surface area is 206 Å². The number of anilines is 1. The van der Waals surface area contributed by atoms with Crippen LogP contribution in [-0.4, -0.2) is 38.8 Å². The molecule has 4 rings (SSSR count). The Kier molecular flexibility index (Phi) is 8.11. The highest BCUT2D eigenvalue weighted by Gasteiger charge is 2.32. The van der Waals surface area contributed by atoms with Gasteiger partial charge in [-0.25, -0.2) is 4.79 Å². The van der Waals surface area contributed by atoms with Gasteiger partial charge in [-0.05, 0) is 66.4 Å². The molecule has 2 amide bonds. The second-order valence-electron chi connectivity index (χ2n) is 8.43. The van der Waals surface area contributed by atoms with Crippen LogP contribution in [0.15, 0.2) is 66.7 Å². The predicted molar refractivity (Wildman–Crippen MR) is 135 cm³/mol. The van der Waals surface area contributed by atoms with Crippen molar-refractivity contribution >= 4 is 11.7 Å². The Hall–Kier alpha value is -3.71. The average Bonchev–Trinajstić information content (AvgIpc) is 3.39. The van der Waals surface area contributed by atoms with E-state index >= 15 is 0 Å². The van der Waals surface area contributed by atoms with Gasteiger partial charge in [-0.1, -0.05) is 24.3 Å². The van der Waals surface area contributed by atoms with Crippen LogP contribution in [0.3, 0.4) is 0 Å². The molecule has 1 fully saturated rings. The Balaban J connectivity index is 1.38. The first-order chi connectivity index (χ1) is 17.1. The number of hydrogen-bond acceptors (Lipinski definition) is 5. The van der Waals surface area contributed by atoms with E-state index in [1.165, 1.54) is 0 Å². The molecule has 184 valence electrons. The van der Waals surface area contributed by atoms with Crippen LogP contribution in [0.25, 0.3) is 0 Å². The van der Waals surface area contributed by atoms with Crippen LogP contribution in [0.2, 0.25) is 0 Å². The fourth-order valence-corrected chi connectivity index (χ4v) is 4.38. The number of ether oxygens (including phenoxy) is 4. The number of nitrogens with zero attached hydrogens (tertiary/aromatic N) is 1. The monoisotopic (exact) mass is 476 g/mol. The summed E-state index contributed by atoms with van der Waals surface area (Å²) in [6.45, 7) is 1.63. The van der Waals surface area contributed by atoms with E-state index in [0.29, 0.717) is 19.8 Å². The van der Waals surface area contributed by atoms with Crippen molar-refractivity contribution in [3.05, 3.63) is 83.4 Å². The zero-order chi connectivity index (χ0) is 24.6. The number of hydrogen-bond donors (Lipinski definition) is 1. The molecule has 7 heteroatoms. The molecule has 0 radical (unpaired) electrons. The summed E-state index contributed by atoms with van der Waals surface area (Å²) in [5.74, 6) is 2.32. The fourth-order valence-electron chi connectivity index (χ4n) is 4.38. The molecule has 1 unspecified atom stereocenters.